The van der Waals surface area contributed by atoms with Crippen LogP contribution in [-0.2, 0) is 7.05 Å². The van der Waals surface area contributed by atoms with E-state index in [1.54, 1.807) is 13.2 Å². The molecular formula is C27H21N2O2+. The quantitative estimate of drug-likeness (QED) is 0.349. The lowest BCUT2D eigenvalue weighted by Gasteiger charge is -2.07. The highest BCUT2D eigenvalue weighted by molar-refractivity contribution is 6.13. The van der Waals surface area contributed by atoms with Crippen molar-refractivity contribution in [2.24, 2.45) is 7.05 Å². The van der Waals surface area contributed by atoms with Crippen molar-refractivity contribution in [1.29, 1.82) is 5.26 Å². The standard InChI is InChI=1S/C27H21N2O2/c1-17-10-13-22-21-8-6-7-20(18-11-12-19(16-28)24(15-18)30-3)26(21)31-27(22)25(17)23-9-4-5-14-29(23)2/h4-15H,1-3H3/q+1. The van der Waals surface area contributed by atoms with Crippen LogP contribution in [0.2, 0.25) is 0 Å². The van der Waals surface area contributed by atoms with E-state index in [0.29, 0.717) is 11.3 Å². The van der Waals surface area contributed by atoms with Gasteiger partial charge < -0.3 is 9.15 Å². The summed E-state index contributed by atoms with van der Waals surface area (Å²) < 4.78 is 14.1. The van der Waals surface area contributed by atoms with E-state index in [1.807, 2.05) is 49.6 Å². The Morgan fingerprint density at radius 2 is 1.77 bits per heavy atom. The van der Waals surface area contributed by atoms with Crippen molar-refractivity contribution < 1.29 is 13.7 Å². The zero-order valence-corrected chi connectivity index (χ0v) is 17.6. The van der Waals surface area contributed by atoms with Gasteiger partial charge in [0.05, 0.1) is 18.2 Å². The van der Waals surface area contributed by atoms with E-state index in [2.05, 4.69) is 41.8 Å². The predicted molar refractivity (Wildman–Crippen MR) is 122 cm³/mol. The summed E-state index contributed by atoms with van der Waals surface area (Å²) in [6.07, 6.45) is 2.05. The first-order valence-electron chi connectivity index (χ1n) is 10.1. The Bertz CT molecular complexity index is 1510. The Morgan fingerprint density at radius 3 is 2.55 bits per heavy atom. The minimum atomic E-state index is 0.512. The fourth-order valence-corrected chi connectivity index (χ4v) is 4.24. The molecule has 4 nitrogen and oxygen atoms in total. The molecule has 4 heteroatoms. The second-order valence-electron chi connectivity index (χ2n) is 7.64. The minimum absolute atomic E-state index is 0.512. The lowest BCUT2D eigenvalue weighted by Crippen LogP contribution is -2.30. The van der Waals surface area contributed by atoms with Gasteiger partial charge in [-0.05, 0) is 36.2 Å². The summed E-state index contributed by atoms with van der Waals surface area (Å²) in [7, 11) is 3.63. The van der Waals surface area contributed by atoms with Crippen molar-refractivity contribution in [2.75, 3.05) is 7.11 Å². The highest BCUT2D eigenvalue weighted by atomic mass is 16.5. The van der Waals surface area contributed by atoms with E-state index < -0.39 is 0 Å². The number of hydrogen-bond donors (Lipinski definition) is 0. The molecule has 3 aromatic carbocycles. The molecule has 0 unspecified atom stereocenters. The Morgan fingerprint density at radius 1 is 0.935 bits per heavy atom. The maximum Gasteiger partial charge on any atom is 0.216 e. The van der Waals surface area contributed by atoms with Gasteiger partial charge >= 0.3 is 0 Å². The molecule has 0 aliphatic rings. The Labute approximate surface area is 180 Å². The molecule has 31 heavy (non-hydrogen) atoms. The molecule has 5 aromatic rings. The van der Waals surface area contributed by atoms with Gasteiger partial charge in [-0.2, -0.15) is 5.26 Å². The third kappa shape index (κ3) is 2.94. The number of nitriles is 1. The SMILES string of the molecule is COc1cc(-c2cccc3c2oc2c(-c4cccc[n+]4C)c(C)ccc23)ccc1C#N. The van der Waals surface area contributed by atoms with Crippen molar-refractivity contribution in [3.05, 3.63) is 84.1 Å². The third-order valence-electron chi connectivity index (χ3n) is 5.82. The minimum Gasteiger partial charge on any atom is -0.495 e. The first-order valence-corrected chi connectivity index (χ1v) is 10.1. The third-order valence-corrected chi connectivity index (χ3v) is 5.82. The zero-order valence-electron chi connectivity index (χ0n) is 17.6. The van der Waals surface area contributed by atoms with Crippen LogP contribution in [0.4, 0.5) is 0 Å². The zero-order chi connectivity index (χ0) is 21.5. The fraction of sp³-hybridized carbons (Fsp3) is 0.111. The van der Waals surface area contributed by atoms with E-state index in [-0.39, 0.29) is 0 Å². The summed E-state index contributed by atoms with van der Waals surface area (Å²) in [5.41, 5.74) is 7.50. The lowest BCUT2D eigenvalue weighted by atomic mass is 9.98. The number of benzene rings is 3. The number of methoxy groups -OCH3 is 1. The molecule has 0 radical (unpaired) electrons. The number of furan rings is 1. The topological polar surface area (TPSA) is 50.0 Å². The summed E-state index contributed by atoms with van der Waals surface area (Å²) in [6, 6.07) is 24.4. The molecule has 0 fully saturated rings. The normalized spacial score (nSPS) is 11.0. The number of nitrogens with zero attached hydrogens (tertiary/aromatic N) is 2. The van der Waals surface area contributed by atoms with E-state index in [4.69, 9.17) is 9.15 Å². The van der Waals surface area contributed by atoms with Crippen molar-refractivity contribution in [3.63, 3.8) is 0 Å². The maximum atomic E-state index is 9.31. The summed E-state index contributed by atoms with van der Waals surface area (Å²) in [4.78, 5) is 0. The van der Waals surface area contributed by atoms with Gasteiger partial charge in [0.15, 0.2) is 6.20 Å². The summed E-state index contributed by atoms with van der Waals surface area (Å²) in [5.74, 6) is 0.556. The molecule has 0 saturated heterocycles. The molecule has 0 bridgehead atoms. The van der Waals surface area contributed by atoms with Crippen LogP contribution in [-0.4, -0.2) is 7.11 Å². The number of fused-ring (bicyclic) bond motifs is 3. The molecule has 0 atom stereocenters. The number of ether oxygens (including phenoxy) is 1. The molecule has 0 amide bonds. The molecule has 0 spiro atoms. The van der Waals surface area contributed by atoms with Crippen LogP contribution >= 0.6 is 0 Å². The number of aryl methyl sites for hydroxylation is 2. The van der Waals surface area contributed by atoms with Crippen LogP contribution in [0.5, 0.6) is 5.75 Å². The Balaban J connectivity index is 1.82. The van der Waals surface area contributed by atoms with Crippen molar-refractivity contribution in [1.82, 2.24) is 0 Å². The van der Waals surface area contributed by atoms with Crippen molar-refractivity contribution >= 4 is 21.9 Å². The van der Waals surface area contributed by atoms with E-state index in [9.17, 15) is 5.26 Å². The van der Waals surface area contributed by atoms with Crippen LogP contribution in [0.15, 0.2) is 77.3 Å². The maximum absolute atomic E-state index is 9.31. The first kappa shape index (κ1) is 18.9. The highest BCUT2D eigenvalue weighted by Crippen LogP contribution is 2.41. The van der Waals surface area contributed by atoms with Gasteiger partial charge in [-0.1, -0.05) is 36.4 Å². The Kier molecular flexibility index (Phi) is 4.45. The largest absolute Gasteiger partial charge is 0.495 e. The van der Waals surface area contributed by atoms with E-state index in [0.717, 1.165) is 49.9 Å². The summed E-state index contributed by atoms with van der Waals surface area (Å²) >= 11 is 0. The lowest BCUT2D eigenvalue weighted by molar-refractivity contribution is -0.660. The number of para-hydroxylation sites is 1. The molecule has 0 aliphatic carbocycles. The fourth-order valence-electron chi connectivity index (χ4n) is 4.24. The molecule has 5 rings (SSSR count). The molecule has 2 aromatic heterocycles. The second kappa shape index (κ2) is 7.30. The average Bonchev–Trinajstić information content (AvgIpc) is 3.18. The summed E-state index contributed by atoms with van der Waals surface area (Å²) in [5, 5.41) is 11.5. The van der Waals surface area contributed by atoms with E-state index in [1.165, 1.54) is 0 Å². The molecular weight excluding hydrogens is 384 g/mol. The van der Waals surface area contributed by atoms with Crippen molar-refractivity contribution in [3.8, 4) is 34.2 Å². The van der Waals surface area contributed by atoms with Gasteiger partial charge in [0.25, 0.3) is 0 Å². The second-order valence-corrected chi connectivity index (χ2v) is 7.64. The van der Waals surface area contributed by atoms with Gasteiger partial charge in [-0.25, -0.2) is 4.57 Å². The van der Waals surface area contributed by atoms with Crippen LogP contribution in [0.1, 0.15) is 11.1 Å². The number of rotatable bonds is 3. The molecule has 0 saturated carbocycles. The number of pyridine rings is 1. The van der Waals surface area contributed by atoms with Gasteiger partial charge in [0, 0.05) is 28.5 Å². The van der Waals surface area contributed by atoms with Crippen LogP contribution < -0.4 is 9.30 Å². The van der Waals surface area contributed by atoms with Crippen LogP contribution in [0, 0.1) is 18.3 Å². The van der Waals surface area contributed by atoms with Gasteiger partial charge in [-0.3, -0.25) is 0 Å². The smallest absolute Gasteiger partial charge is 0.216 e. The number of hydrogen-bond acceptors (Lipinski definition) is 3. The predicted octanol–water partition coefficient (Wildman–Crippen LogP) is 5.93. The van der Waals surface area contributed by atoms with Crippen LogP contribution in [0.3, 0.4) is 0 Å². The molecule has 0 aliphatic heterocycles. The highest BCUT2D eigenvalue weighted by Gasteiger charge is 2.21. The molecule has 0 N–H and O–H groups in total. The monoisotopic (exact) mass is 405 g/mol. The van der Waals surface area contributed by atoms with Gasteiger partial charge in [0.2, 0.25) is 5.69 Å². The van der Waals surface area contributed by atoms with Crippen LogP contribution in [0.25, 0.3) is 44.3 Å². The van der Waals surface area contributed by atoms with Gasteiger partial charge in [-0.15, -0.1) is 0 Å². The Hall–Kier alpha value is -4.10. The average molecular weight is 405 g/mol. The summed E-state index contributed by atoms with van der Waals surface area (Å²) in [6.45, 7) is 2.11. The first-order chi connectivity index (χ1) is 15.1. The van der Waals surface area contributed by atoms with Crippen molar-refractivity contribution in [2.45, 2.75) is 6.92 Å². The van der Waals surface area contributed by atoms with Gasteiger partial charge in [0.1, 0.15) is 30.0 Å². The molecule has 150 valence electrons. The number of aromatic nitrogens is 1. The van der Waals surface area contributed by atoms with E-state index >= 15 is 0 Å². The molecule has 2 heterocycles.